The summed E-state index contributed by atoms with van der Waals surface area (Å²) in [6, 6.07) is 13.5. The summed E-state index contributed by atoms with van der Waals surface area (Å²) >= 11 is 5.21. The average molecular weight is 359 g/mol. The molecule has 0 aliphatic carbocycles. The SMILES string of the molecule is COc1cc(OC)c(OC)cc1/C=N\NC(=S)NCc1ccccc1. The van der Waals surface area contributed by atoms with Gasteiger partial charge in [0.1, 0.15) is 5.75 Å². The van der Waals surface area contributed by atoms with E-state index < -0.39 is 0 Å². The van der Waals surface area contributed by atoms with Crippen LogP contribution in [0.1, 0.15) is 11.1 Å². The number of hydrazone groups is 1. The predicted octanol–water partition coefficient (Wildman–Crippen LogP) is 2.71. The van der Waals surface area contributed by atoms with Gasteiger partial charge in [0, 0.05) is 18.2 Å². The number of hydrogen-bond donors (Lipinski definition) is 2. The molecule has 0 heterocycles. The quantitative estimate of drug-likeness (QED) is 0.450. The van der Waals surface area contributed by atoms with Crippen LogP contribution in [0.15, 0.2) is 47.6 Å². The van der Waals surface area contributed by atoms with Gasteiger partial charge in [-0.1, -0.05) is 30.3 Å². The van der Waals surface area contributed by atoms with Gasteiger partial charge in [0.15, 0.2) is 16.6 Å². The Kier molecular flexibility index (Phi) is 7.03. The van der Waals surface area contributed by atoms with Crippen LogP contribution in [0.25, 0.3) is 0 Å². The Bertz CT molecular complexity index is 736. The Morgan fingerprint density at radius 1 is 1.00 bits per heavy atom. The standard InChI is InChI=1S/C18H21N3O3S/c1-22-15-10-17(24-3)16(23-2)9-14(15)12-20-21-18(25)19-11-13-7-5-4-6-8-13/h4-10,12H,11H2,1-3H3,(H2,19,21,25)/b20-12-. The van der Waals surface area contributed by atoms with Crippen LogP contribution >= 0.6 is 12.2 Å². The first-order chi connectivity index (χ1) is 12.2. The highest BCUT2D eigenvalue weighted by molar-refractivity contribution is 7.80. The van der Waals surface area contributed by atoms with Gasteiger partial charge in [-0.15, -0.1) is 0 Å². The average Bonchev–Trinajstić information content (AvgIpc) is 2.66. The van der Waals surface area contributed by atoms with E-state index in [1.165, 1.54) is 0 Å². The predicted molar refractivity (Wildman–Crippen MR) is 103 cm³/mol. The zero-order valence-electron chi connectivity index (χ0n) is 14.4. The fourth-order valence-corrected chi connectivity index (χ4v) is 2.26. The number of thiocarbonyl (C=S) groups is 1. The zero-order chi connectivity index (χ0) is 18.1. The second-order valence-electron chi connectivity index (χ2n) is 4.99. The Morgan fingerprint density at radius 2 is 1.64 bits per heavy atom. The molecule has 25 heavy (non-hydrogen) atoms. The second kappa shape index (κ2) is 9.48. The first-order valence-electron chi connectivity index (χ1n) is 7.58. The van der Waals surface area contributed by atoms with Gasteiger partial charge in [0.05, 0.1) is 27.5 Å². The van der Waals surface area contributed by atoms with Crippen LogP contribution in [-0.4, -0.2) is 32.7 Å². The summed E-state index contributed by atoms with van der Waals surface area (Å²) in [5.41, 5.74) is 4.65. The first kappa shape index (κ1) is 18.5. The Balaban J connectivity index is 1.97. The molecule has 0 amide bonds. The minimum Gasteiger partial charge on any atom is -0.496 e. The summed E-state index contributed by atoms with van der Waals surface area (Å²) in [7, 11) is 4.73. The molecule has 2 N–H and O–H groups in total. The van der Waals surface area contributed by atoms with Gasteiger partial charge in [-0.05, 0) is 23.8 Å². The second-order valence-corrected chi connectivity index (χ2v) is 5.40. The highest BCUT2D eigenvalue weighted by Crippen LogP contribution is 2.33. The van der Waals surface area contributed by atoms with Crippen LogP contribution < -0.4 is 25.0 Å². The Labute approximate surface area is 152 Å². The fraction of sp³-hybridized carbons (Fsp3) is 0.222. The molecule has 0 fully saturated rings. The van der Waals surface area contributed by atoms with Crippen molar-refractivity contribution in [2.24, 2.45) is 5.10 Å². The first-order valence-corrected chi connectivity index (χ1v) is 7.99. The van der Waals surface area contributed by atoms with Crippen molar-refractivity contribution in [3.05, 3.63) is 53.6 Å². The van der Waals surface area contributed by atoms with Gasteiger partial charge < -0.3 is 19.5 Å². The van der Waals surface area contributed by atoms with Crippen molar-refractivity contribution >= 4 is 23.5 Å². The highest BCUT2D eigenvalue weighted by atomic mass is 32.1. The van der Waals surface area contributed by atoms with E-state index in [4.69, 9.17) is 26.4 Å². The van der Waals surface area contributed by atoms with Crippen molar-refractivity contribution in [1.29, 1.82) is 0 Å². The van der Waals surface area contributed by atoms with Crippen molar-refractivity contribution in [2.75, 3.05) is 21.3 Å². The van der Waals surface area contributed by atoms with Crippen molar-refractivity contribution in [1.82, 2.24) is 10.7 Å². The zero-order valence-corrected chi connectivity index (χ0v) is 15.2. The van der Waals surface area contributed by atoms with E-state index >= 15 is 0 Å². The molecule has 2 rings (SSSR count). The summed E-state index contributed by atoms with van der Waals surface area (Å²) in [6.45, 7) is 0.627. The number of nitrogens with zero attached hydrogens (tertiary/aromatic N) is 1. The maximum atomic E-state index is 5.35. The van der Waals surface area contributed by atoms with E-state index in [-0.39, 0.29) is 0 Å². The van der Waals surface area contributed by atoms with Crippen LogP contribution in [0.5, 0.6) is 17.2 Å². The van der Waals surface area contributed by atoms with Crippen molar-refractivity contribution < 1.29 is 14.2 Å². The van der Waals surface area contributed by atoms with Gasteiger partial charge in [-0.3, -0.25) is 5.43 Å². The molecule has 0 aliphatic rings. The molecule has 7 heteroatoms. The summed E-state index contributed by atoms with van der Waals surface area (Å²) in [5.74, 6) is 1.80. The largest absolute Gasteiger partial charge is 0.496 e. The van der Waals surface area contributed by atoms with Crippen molar-refractivity contribution in [2.45, 2.75) is 6.54 Å². The topological polar surface area (TPSA) is 64.1 Å². The Hall–Kier alpha value is -2.80. The molecular formula is C18H21N3O3S. The minimum absolute atomic E-state index is 0.430. The number of methoxy groups -OCH3 is 3. The van der Waals surface area contributed by atoms with Gasteiger partial charge >= 0.3 is 0 Å². The third kappa shape index (κ3) is 5.36. The lowest BCUT2D eigenvalue weighted by atomic mass is 10.2. The molecule has 0 saturated carbocycles. The van der Waals surface area contributed by atoms with E-state index in [1.54, 1.807) is 39.7 Å². The van der Waals surface area contributed by atoms with E-state index in [0.717, 1.165) is 11.1 Å². The van der Waals surface area contributed by atoms with Crippen LogP contribution in [0.3, 0.4) is 0 Å². The number of ether oxygens (including phenoxy) is 3. The van der Waals surface area contributed by atoms with Crippen LogP contribution in [0, 0.1) is 0 Å². The maximum Gasteiger partial charge on any atom is 0.187 e. The molecule has 0 bridgehead atoms. The van der Waals surface area contributed by atoms with Crippen LogP contribution in [0.4, 0.5) is 0 Å². The van der Waals surface area contributed by atoms with E-state index in [1.807, 2.05) is 30.3 Å². The van der Waals surface area contributed by atoms with Gasteiger partial charge in [0.25, 0.3) is 0 Å². The molecule has 2 aromatic rings. The number of rotatable bonds is 7. The molecule has 132 valence electrons. The maximum absolute atomic E-state index is 5.35. The molecule has 2 aromatic carbocycles. The molecule has 0 aromatic heterocycles. The molecule has 0 atom stereocenters. The summed E-state index contributed by atoms with van der Waals surface area (Å²) in [4.78, 5) is 0. The third-order valence-corrected chi connectivity index (χ3v) is 3.64. The fourth-order valence-electron chi connectivity index (χ4n) is 2.13. The van der Waals surface area contributed by atoms with Crippen molar-refractivity contribution in [3.8, 4) is 17.2 Å². The van der Waals surface area contributed by atoms with E-state index in [9.17, 15) is 0 Å². The number of benzene rings is 2. The lowest BCUT2D eigenvalue weighted by Crippen LogP contribution is -2.31. The van der Waals surface area contributed by atoms with E-state index in [0.29, 0.717) is 28.9 Å². The van der Waals surface area contributed by atoms with Gasteiger partial charge in [-0.25, -0.2) is 0 Å². The van der Waals surface area contributed by atoms with Crippen molar-refractivity contribution in [3.63, 3.8) is 0 Å². The normalized spacial score (nSPS) is 10.4. The lowest BCUT2D eigenvalue weighted by Gasteiger charge is -2.12. The third-order valence-electron chi connectivity index (χ3n) is 3.40. The van der Waals surface area contributed by atoms with Crippen LogP contribution in [0.2, 0.25) is 0 Å². The summed E-state index contributed by atoms with van der Waals surface area (Å²) in [5, 5.41) is 7.65. The summed E-state index contributed by atoms with van der Waals surface area (Å²) < 4.78 is 15.9. The van der Waals surface area contributed by atoms with E-state index in [2.05, 4.69) is 15.8 Å². The number of nitrogens with one attached hydrogen (secondary N) is 2. The summed E-state index contributed by atoms with van der Waals surface area (Å²) in [6.07, 6.45) is 1.61. The molecule has 0 saturated heterocycles. The number of hydrogen-bond acceptors (Lipinski definition) is 5. The highest BCUT2D eigenvalue weighted by Gasteiger charge is 2.10. The molecular weight excluding hydrogens is 338 g/mol. The Morgan fingerprint density at radius 3 is 2.28 bits per heavy atom. The smallest absolute Gasteiger partial charge is 0.187 e. The van der Waals surface area contributed by atoms with Gasteiger partial charge in [0.2, 0.25) is 0 Å². The minimum atomic E-state index is 0.430. The molecule has 0 unspecified atom stereocenters. The molecule has 0 aliphatic heterocycles. The molecule has 0 radical (unpaired) electrons. The van der Waals surface area contributed by atoms with Crippen LogP contribution in [-0.2, 0) is 6.54 Å². The molecule has 0 spiro atoms. The monoisotopic (exact) mass is 359 g/mol. The van der Waals surface area contributed by atoms with Gasteiger partial charge in [-0.2, -0.15) is 5.10 Å². The molecule has 6 nitrogen and oxygen atoms in total. The lowest BCUT2D eigenvalue weighted by molar-refractivity contribution is 0.349.